The Hall–Kier alpha value is -2.63. The minimum Gasteiger partial charge on any atom is -0.462 e. The van der Waals surface area contributed by atoms with Gasteiger partial charge in [0.05, 0.1) is 31.3 Å². The number of likely N-dealkylation sites (N-methyl/N-ethyl adjacent to an activating group) is 1. The third-order valence-electron chi connectivity index (χ3n) is 3.37. The number of hydrogen-bond acceptors (Lipinski definition) is 4. The van der Waals surface area contributed by atoms with E-state index in [0.717, 1.165) is 11.1 Å². The van der Waals surface area contributed by atoms with Crippen molar-refractivity contribution in [3.8, 4) is 0 Å². The largest absolute Gasteiger partial charge is 0.462 e. The lowest BCUT2D eigenvalue weighted by molar-refractivity contribution is -0.127. The molecule has 0 saturated carbocycles. The van der Waals surface area contributed by atoms with Crippen LogP contribution in [0.3, 0.4) is 0 Å². The molecule has 0 unspecified atom stereocenters. The third-order valence-corrected chi connectivity index (χ3v) is 3.37. The van der Waals surface area contributed by atoms with E-state index in [2.05, 4.69) is 5.10 Å². The molecule has 1 aromatic carbocycles. The van der Waals surface area contributed by atoms with Gasteiger partial charge in [-0.05, 0) is 18.1 Å². The number of esters is 1. The van der Waals surface area contributed by atoms with Crippen LogP contribution < -0.4 is 0 Å². The maximum absolute atomic E-state index is 11.7. The van der Waals surface area contributed by atoms with Crippen molar-refractivity contribution in [1.29, 1.82) is 0 Å². The van der Waals surface area contributed by atoms with Gasteiger partial charge < -0.3 is 9.64 Å². The number of rotatable bonds is 6. The fraction of sp³-hybridized carbons (Fsp3) is 0.421. The molecule has 0 bridgehead atoms. The first-order chi connectivity index (χ1) is 12.0. The average molecular weight is 345 g/mol. The van der Waals surface area contributed by atoms with Gasteiger partial charge in [-0.1, -0.05) is 38.1 Å². The van der Waals surface area contributed by atoms with Crippen molar-refractivity contribution in [2.75, 3.05) is 20.7 Å². The Kier molecular flexibility index (Phi) is 8.39. The molecule has 0 atom stereocenters. The number of hydrogen-bond donors (Lipinski definition) is 0. The number of carbonyl (C=O) groups excluding carboxylic acids is 2. The van der Waals surface area contributed by atoms with E-state index in [1.807, 2.05) is 38.1 Å². The van der Waals surface area contributed by atoms with E-state index in [1.54, 1.807) is 36.8 Å². The van der Waals surface area contributed by atoms with Crippen molar-refractivity contribution in [2.45, 2.75) is 33.7 Å². The lowest BCUT2D eigenvalue weighted by Crippen LogP contribution is -2.23. The summed E-state index contributed by atoms with van der Waals surface area (Å²) in [5.74, 6) is -0.291. The first-order valence-corrected chi connectivity index (χ1v) is 8.47. The van der Waals surface area contributed by atoms with Crippen LogP contribution in [0.2, 0.25) is 0 Å². The zero-order valence-corrected chi connectivity index (χ0v) is 15.7. The maximum Gasteiger partial charge on any atom is 0.341 e. The maximum atomic E-state index is 11.7. The highest BCUT2D eigenvalue weighted by atomic mass is 16.5. The van der Waals surface area contributed by atoms with Crippen LogP contribution in [0.15, 0.2) is 36.7 Å². The fourth-order valence-corrected chi connectivity index (χ4v) is 2.05. The number of nitrogens with zero attached hydrogens (tertiary/aromatic N) is 3. The quantitative estimate of drug-likeness (QED) is 0.755. The summed E-state index contributed by atoms with van der Waals surface area (Å²) in [5, 5.41) is 4.16. The molecule has 0 spiro atoms. The third kappa shape index (κ3) is 6.41. The van der Waals surface area contributed by atoms with Crippen LogP contribution in [0.25, 0.3) is 0 Å². The van der Waals surface area contributed by atoms with Gasteiger partial charge in [0.15, 0.2) is 0 Å². The molecule has 0 aliphatic heterocycles. The van der Waals surface area contributed by atoms with Gasteiger partial charge in [-0.2, -0.15) is 5.10 Å². The molecule has 6 heteroatoms. The zero-order chi connectivity index (χ0) is 18.8. The average Bonchev–Trinajstić information content (AvgIpc) is 3.07. The molecule has 0 saturated heterocycles. The Balaban J connectivity index is 0.00000151. The fourth-order valence-electron chi connectivity index (χ4n) is 2.05. The van der Waals surface area contributed by atoms with E-state index in [0.29, 0.717) is 25.1 Å². The van der Waals surface area contributed by atoms with Crippen LogP contribution in [0.5, 0.6) is 0 Å². The molecule has 136 valence electrons. The monoisotopic (exact) mass is 345 g/mol. The molecule has 1 aromatic heterocycles. The molecule has 0 fully saturated rings. The van der Waals surface area contributed by atoms with Crippen LogP contribution in [-0.4, -0.2) is 47.3 Å². The van der Waals surface area contributed by atoms with Crippen molar-refractivity contribution in [2.24, 2.45) is 0 Å². The van der Waals surface area contributed by atoms with Crippen LogP contribution >= 0.6 is 0 Å². The van der Waals surface area contributed by atoms with E-state index in [4.69, 9.17) is 4.74 Å². The van der Waals surface area contributed by atoms with E-state index < -0.39 is 0 Å². The Labute approximate surface area is 149 Å². The lowest BCUT2D eigenvalue weighted by Gasteiger charge is -2.10. The molecular weight excluding hydrogens is 318 g/mol. The van der Waals surface area contributed by atoms with Crippen molar-refractivity contribution >= 4 is 11.9 Å². The van der Waals surface area contributed by atoms with Gasteiger partial charge >= 0.3 is 5.97 Å². The van der Waals surface area contributed by atoms with Gasteiger partial charge in [0.25, 0.3) is 0 Å². The van der Waals surface area contributed by atoms with Crippen molar-refractivity contribution in [3.63, 3.8) is 0 Å². The molecule has 1 heterocycles. The summed E-state index contributed by atoms with van der Waals surface area (Å²) in [6.45, 7) is 6.67. The second-order valence-electron chi connectivity index (χ2n) is 5.43. The second-order valence-corrected chi connectivity index (χ2v) is 5.43. The van der Waals surface area contributed by atoms with E-state index in [-0.39, 0.29) is 11.9 Å². The molecule has 6 nitrogen and oxygen atoms in total. The molecule has 0 radical (unpaired) electrons. The number of ether oxygens (including phenoxy) is 1. The zero-order valence-electron chi connectivity index (χ0n) is 15.7. The highest BCUT2D eigenvalue weighted by molar-refractivity contribution is 5.88. The Bertz CT molecular complexity index is 675. The molecule has 2 aromatic rings. The van der Waals surface area contributed by atoms with E-state index in [1.165, 1.54) is 6.20 Å². The Morgan fingerprint density at radius 2 is 1.72 bits per heavy atom. The van der Waals surface area contributed by atoms with Crippen LogP contribution in [0, 0.1) is 0 Å². The highest BCUT2D eigenvalue weighted by Crippen LogP contribution is 2.09. The number of benzene rings is 1. The molecule has 2 rings (SSSR count). The number of carbonyl (C=O) groups is 2. The first kappa shape index (κ1) is 20.4. The summed E-state index contributed by atoms with van der Waals surface area (Å²) in [6.07, 6.45) is 3.56. The summed E-state index contributed by atoms with van der Waals surface area (Å²) in [4.78, 5) is 24.9. The minimum absolute atomic E-state index is 0.0731. The number of amides is 1. The minimum atomic E-state index is -0.365. The highest BCUT2D eigenvalue weighted by Gasteiger charge is 2.10. The van der Waals surface area contributed by atoms with E-state index >= 15 is 0 Å². The van der Waals surface area contributed by atoms with Gasteiger partial charge in [0.2, 0.25) is 5.91 Å². The summed E-state index contributed by atoms with van der Waals surface area (Å²) >= 11 is 0. The topological polar surface area (TPSA) is 64.4 Å². The summed E-state index contributed by atoms with van der Waals surface area (Å²) in [6, 6.07) is 7.80. The summed E-state index contributed by atoms with van der Waals surface area (Å²) < 4.78 is 6.62. The molecule has 25 heavy (non-hydrogen) atoms. The number of aromatic nitrogens is 2. The van der Waals surface area contributed by atoms with Gasteiger partial charge in [0.1, 0.15) is 0 Å². The van der Waals surface area contributed by atoms with Crippen molar-refractivity contribution < 1.29 is 14.3 Å². The normalized spacial score (nSPS) is 9.80. The van der Waals surface area contributed by atoms with Crippen LogP contribution in [0.4, 0.5) is 0 Å². The predicted molar refractivity (Wildman–Crippen MR) is 97.5 cm³/mol. The van der Waals surface area contributed by atoms with E-state index in [9.17, 15) is 9.59 Å². The SMILES string of the molecule is CC.CCOC(=O)c1cnn(Cc2ccc(CC(=O)N(C)C)cc2)c1. The first-order valence-electron chi connectivity index (χ1n) is 8.47. The van der Waals surface area contributed by atoms with Gasteiger partial charge in [-0.25, -0.2) is 4.79 Å². The molecular formula is C19H27N3O3. The van der Waals surface area contributed by atoms with Gasteiger partial charge in [-0.15, -0.1) is 0 Å². The van der Waals surface area contributed by atoms with Crippen LogP contribution in [-0.2, 0) is 22.5 Å². The molecule has 1 amide bonds. The second kappa shape index (κ2) is 10.3. The van der Waals surface area contributed by atoms with Crippen molar-refractivity contribution in [1.82, 2.24) is 14.7 Å². The van der Waals surface area contributed by atoms with Crippen molar-refractivity contribution in [3.05, 3.63) is 53.3 Å². The molecule has 0 aliphatic carbocycles. The Morgan fingerprint density at radius 1 is 1.12 bits per heavy atom. The van der Waals surface area contributed by atoms with Gasteiger partial charge in [-0.3, -0.25) is 9.48 Å². The standard InChI is InChI=1S/C17H21N3O3.C2H6/c1-4-23-17(22)15-10-18-20(12-15)11-14-7-5-13(6-8-14)9-16(21)19(2)3;1-2/h5-8,10,12H,4,9,11H2,1-3H3;1-2H3. The summed E-state index contributed by atoms with van der Waals surface area (Å²) in [7, 11) is 3.49. The summed E-state index contributed by atoms with van der Waals surface area (Å²) in [5.41, 5.74) is 2.46. The lowest BCUT2D eigenvalue weighted by atomic mass is 10.1. The predicted octanol–water partition coefficient (Wildman–Crippen LogP) is 2.77. The molecule has 0 aliphatic rings. The van der Waals surface area contributed by atoms with Gasteiger partial charge in [0, 0.05) is 20.3 Å². The van der Waals surface area contributed by atoms with Crippen LogP contribution in [0.1, 0.15) is 42.3 Å². The smallest absolute Gasteiger partial charge is 0.341 e. The Morgan fingerprint density at radius 3 is 2.28 bits per heavy atom. The molecule has 0 N–H and O–H groups in total.